The number of benzene rings is 1. The maximum absolute atomic E-state index is 13.3. The Morgan fingerprint density at radius 1 is 1.38 bits per heavy atom. The van der Waals surface area contributed by atoms with E-state index in [0.29, 0.717) is 19.8 Å². The van der Waals surface area contributed by atoms with E-state index in [4.69, 9.17) is 4.74 Å². The summed E-state index contributed by atoms with van der Waals surface area (Å²) in [6, 6.07) is 7.89. The maximum Gasteiger partial charge on any atom is 0.256 e. The Hall–Kier alpha value is -2.18. The normalized spacial score (nSPS) is 18.2. The molecule has 1 fully saturated rings. The van der Waals surface area contributed by atoms with Gasteiger partial charge in [-0.2, -0.15) is 0 Å². The van der Waals surface area contributed by atoms with Gasteiger partial charge in [-0.05, 0) is 13.0 Å². The van der Waals surface area contributed by atoms with Gasteiger partial charge >= 0.3 is 0 Å². The first-order valence-corrected chi connectivity index (χ1v) is 8.88. The summed E-state index contributed by atoms with van der Waals surface area (Å²) in [6.07, 6.45) is 1.92. The lowest BCUT2D eigenvalue weighted by Crippen LogP contribution is -2.43. The molecule has 0 saturated carbocycles. The van der Waals surface area contributed by atoms with Gasteiger partial charge in [-0.1, -0.05) is 18.2 Å². The minimum Gasteiger partial charge on any atom is -0.377 e. The summed E-state index contributed by atoms with van der Waals surface area (Å²) < 4.78 is 7.63. The summed E-state index contributed by atoms with van der Waals surface area (Å²) in [5.41, 5.74) is 2.73. The van der Waals surface area contributed by atoms with E-state index in [1.807, 2.05) is 59.3 Å². The molecular formula is C18H19N3O2S. The topological polar surface area (TPSA) is 47.4 Å². The molecule has 3 aromatic rings. The van der Waals surface area contributed by atoms with Crippen LogP contribution in [0, 0.1) is 6.92 Å². The molecule has 1 amide bonds. The molecule has 0 spiro atoms. The van der Waals surface area contributed by atoms with Crippen molar-refractivity contribution in [2.45, 2.75) is 13.0 Å². The molecule has 0 aliphatic carbocycles. The molecule has 0 N–H and O–H groups in total. The second kappa shape index (κ2) is 6.03. The van der Waals surface area contributed by atoms with Crippen LogP contribution in [0.4, 0.5) is 0 Å². The van der Waals surface area contributed by atoms with Crippen LogP contribution in [0.25, 0.3) is 10.9 Å². The summed E-state index contributed by atoms with van der Waals surface area (Å²) >= 11 is 1.61. The number of fused-ring (bicyclic) bond motifs is 1. The van der Waals surface area contributed by atoms with Crippen LogP contribution in [0.15, 0.2) is 35.8 Å². The van der Waals surface area contributed by atoms with Crippen LogP contribution in [-0.4, -0.2) is 40.1 Å². The molecule has 124 valence electrons. The zero-order valence-corrected chi connectivity index (χ0v) is 14.5. The zero-order valence-electron chi connectivity index (χ0n) is 13.7. The van der Waals surface area contributed by atoms with Gasteiger partial charge in [0, 0.05) is 36.1 Å². The minimum absolute atomic E-state index is 0.0470. The molecule has 6 heteroatoms. The average molecular weight is 341 g/mol. The Morgan fingerprint density at radius 2 is 2.21 bits per heavy atom. The van der Waals surface area contributed by atoms with Crippen LogP contribution in [0.3, 0.4) is 0 Å². The highest BCUT2D eigenvalue weighted by molar-refractivity contribution is 7.09. The number of hydrogen-bond donors (Lipinski definition) is 0. The summed E-state index contributed by atoms with van der Waals surface area (Å²) in [5, 5.41) is 4.02. The molecule has 2 aromatic heterocycles. The van der Waals surface area contributed by atoms with Gasteiger partial charge in [0.05, 0.1) is 35.5 Å². The van der Waals surface area contributed by atoms with Gasteiger partial charge in [-0.25, -0.2) is 4.98 Å². The van der Waals surface area contributed by atoms with Crippen molar-refractivity contribution in [2.75, 3.05) is 19.8 Å². The summed E-state index contributed by atoms with van der Waals surface area (Å²) in [7, 11) is 1.97. The second-order valence-electron chi connectivity index (χ2n) is 6.05. The van der Waals surface area contributed by atoms with E-state index in [-0.39, 0.29) is 11.9 Å². The number of morpholine rings is 1. The number of ether oxygens (including phenoxy) is 1. The second-order valence-corrected chi connectivity index (χ2v) is 7.11. The molecule has 1 aliphatic rings. The molecule has 0 bridgehead atoms. The molecule has 1 aromatic carbocycles. The Bertz CT molecular complexity index is 899. The van der Waals surface area contributed by atoms with E-state index in [1.54, 1.807) is 11.3 Å². The summed E-state index contributed by atoms with van der Waals surface area (Å²) in [5.74, 6) is 0.0470. The van der Waals surface area contributed by atoms with E-state index < -0.39 is 0 Å². The third kappa shape index (κ3) is 2.52. The van der Waals surface area contributed by atoms with Crippen molar-refractivity contribution >= 4 is 28.1 Å². The van der Waals surface area contributed by atoms with Crippen LogP contribution in [-0.2, 0) is 11.8 Å². The van der Waals surface area contributed by atoms with Gasteiger partial charge in [-0.3, -0.25) is 4.79 Å². The number of para-hydroxylation sites is 1. The fraction of sp³-hybridized carbons (Fsp3) is 0.333. The third-order valence-corrected chi connectivity index (χ3v) is 5.29. The van der Waals surface area contributed by atoms with Crippen molar-refractivity contribution < 1.29 is 9.53 Å². The van der Waals surface area contributed by atoms with Crippen LogP contribution < -0.4 is 0 Å². The highest BCUT2D eigenvalue weighted by Crippen LogP contribution is 2.29. The van der Waals surface area contributed by atoms with Crippen molar-refractivity contribution in [3.05, 3.63) is 52.1 Å². The molecule has 5 nitrogen and oxygen atoms in total. The first-order chi connectivity index (χ1) is 11.6. The molecule has 0 radical (unpaired) electrons. The predicted molar refractivity (Wildman–Crippen MR) is 94.4 cm³/mol. The van der Waals surface area contributed by atoms with Crippen molar-refractivity contribution in [3.63, 3.8) is 0 Å². The molecule has 4 rings (SSSR count). The Kier molecular flexibility index (Phi) is 3.86. The number of aromatic nitrogens is 2. The summed E-state index contributed by atoms with van der Waals surface area (Å²) in [6.45, 7) is 3.63. The molecule has 1 atom stereocenters. The van der Waals surface area contributed by atoms with Crippen molar-refractivity contribution in [2.24, 2.45) is 7.05 Å². The van der Waals surface area contributed by atoms with E-state index in [1.165, 1.54) is 0 Å². The largest absolute Gasteiger partial charge is 0.377 e. The van der Waals surface area contributed by atoms with Gasteiger partial charge in [0.1, 0.15) is 0 Å². The standard InChI is InChI=1S/C18H19N3O2S/c1-12-19-15(11-24-12)17-10-23-8-7-21(17)18(22)14-9-20(2)16-6-4-3-5-13(14)16/h3-6,9,11,17H,7-8,10H2,1-2H3/t17-/m0/s1. The van der Waals surface area contributed by atoms with Crippen LogP contribution >= 0.6 is 11.3 Å². The lowest BCUT2D eigenvalue weighted by Gasteiger charge is -2.34. The van der Waals surface area contributed by atoms with E-state index in [9.17, 15) is 4.79 Å². The smallest absolute Gasteiger partial charge is 0.256 e. The molecule has 3 heterocycles. The van der Waals surface area contributed by atoms with Crippen molar-refractivity contribution in [1.82, 2.24) is 14.5 Å². The van der Waals surface area contributed by atoms with Gasteiger partial charge in [0.15, 0.2) is 0 Å². The number of carbonyl (C=O) groups excluding carboxylic acids is 1. The van der Waals surface area contributed by atoms with Crippen LogP contribution in [0.1, 0.15) is 27.1 Å². The molecule has 1 aliphatic heterocycles. The molecule has 1 saturated heterocycles. The van der Waals surface area contributed by atoms with Crippen LogP contribution in [0.2, 0.25) is 0 Å². The summed E-state index contributed by atoms with van der Waals surface area (Å²) in [4.78, 5) is 19.7. The fourth-order valence-corrected chi connectivity index (χ4v) is 3.95. The number of hydrogen-bond acceptors (Lipinski definition) is 4. The van der Waals surface area contributed by atoms with Gasteiger partial charge in [-0.15, -0.1) is 11.3 Å². The number of amides is 1. The quantitative estimate of drug-likeness (QED) is 0.719. The SMILES string of the molecule is Cc1nc([C@@H]2COCCN2C(=O)c2cn(C)c3ccccc23)cs1. The first-order valence-electron chi connectivity index (χ1n) is 8.00. The maximum atomic E-state index is 13.3. The number of nitrogens with zero attached hydrogens (tertiary/aromatic N) is 3. The van der Waals surface area contributed by atoms with Gasteiger partial charge < -0.3 is 14.2 Å². The number of aryl methyl sites for hydroxylation is 2. The van der Waals surface area contributed by atoms with E-state index in [0.717, 1.165) is 27.2 Å². The highest BCUT2D eigenvalue weighted by Gasteiger charge is 2.32. The fourth-order valence-electron chi connectivity index (χ4n) is 3.29. The Morgan fingerprint density at radius 3 is 3.00 bits per heavy atom. The van der Waals surface area contributed by atoms with Crippen LogP contribution in [0.5, 0.6) is 0 Å². The van der Waals surface area contributed by atoms with Gasteiger partial charge in [0.25, 0.3) is 5.91 Å². The number of rotatable bonds is 2. The highest BCUT2D eigenvalue weighted by atomic mass is 32.1. The number of thiazole rings is 1. The van der Waals surface area contributed by atoms with Crippen molar-refractivity contribution in [3.8, 4) is 0 Å². The Labute approximate surface area is 144 Å². The van der Waals surface area contributed by atoms with Crippen molar-refractivity contribution in [1.29, 1.82) is 0 Å². The lowest BCUT2D eigenvalue weighted by molar-refractivity contribution is -0.00366. The number of carbonyl (C=O) groups is 1. The third-order valence-electron chi connectivity index (χ3n) is 4.49. The van der Waals surface area contributed by atoms with E-state index >= 15 is 0 Å². The predicted octanol–water partition coefficient (Wildman–Crippen LogP) is 3.16. The minimum atomic E-state index is -0.116. The molecule has 0 unspecified atom stereocenters. The molecular weight excluding hydrogens is 322 g/mol. The average Bonchev–Trinajstić information content (AvgIpc) is 3.19. The Balaban J connectivity index is 1.73. The lowest BCUT2D eigenvalue weighted by atomic mass is 10.1. The first kappa shape index (κ1) is 15.4. The van der Waals surface area contributed by atoms with Gasteiger partial charge in [0.2, 0.25) is 0 Å². The van der Waals surface area contributed by atoms with E-state index in [2.05, 4.69) is 4.98 Å². The molecule has 24 heavy (non-hydrogen) atoms. The zero-order chi connectivity index (χ0) is 16.7. The monoisotopic (exact) mass is 341 g/mol.